The van der Waals surface area contributed by atoms with Crippen LogP contribution < -0.4 is 10.6 Å². The van der Waals surface area contributed by atoms with Crippen LogP contribution in [-0.4, -0.2) is 24.9 Å². The third-order valence-corrected chi connectivity index (χ3v) is 5.00. The Hall–Kier alpha value is -1.66. The summed E-state index contributed by atoms with van der Waals surface area (Å²) in [5, 5.41) is 9.65. The second-order valence-electron chi connectivity index (χ2n) is 5.17. The largest absolute Gasteiger partial charge is 0.351 e. The maximum Gasteiger partial charge on any atom is 0.261 e. The molecule has 0 saturated heterocycles. The molecule has 0 saturated carbocycles. The number of hydrogen-bond acceptors (Lipinski definition) is 4. The Labute approximate surface area is 138 Å². The summed E-state index contributed by atoms with van der Waals surface area (Å²) >= 11 is 2.89. The zero-order valence-electron chi connectivity index (χ0n) is 12.5. The standard InChI is InChI=1S/C16H20N2O2S2/c1-12(11-18-16(20)14-7-4-10-22-14)5-2-8-17-15(19)13-6-3-9-21-13/h3-4,6-7,9-10,12H,2,5,8,11H2,1H3,(H,17,19)(H,18,20). The van der Waals surface area contributed by atoms with Crippen LogP contribution in [0.15, 0.2) is 35.0 Å². The predicted octanol–water partition coefficient (Wildman–Crippen LogP) is 3.39. The summed E-state index contributed by atoms with van der Waals surface area (Å²) in [5.41, 5.74) is 0. The third kappa shape index (κ3) is 5.27. The number of thiophene rings is 2. The number of carbonyl (C=O) groups is 2. The minimum atomic E-state index is -0.00662. The lowest BCUT2D eigenvalue weighted by atomic mass is 10.1. The van der Waals surface area contributed by atoms with Gasteiger partial charge in [0, 0.05) is 13.1 Å². The van der Waals surface area contributed by atoms with Gasteiger partial charge in [-0.25, -0.2) is 0 Å². The molecule has 0 fully saturated rings. The van der Waals surface area contributed by atoms with E-state index in [1.54, 1.807) is 0 Å². The van der Waals surface area contributed by atoms with E-state index in [-0.39, 0.29) is 11.8 Å². The second kappa shape index (κ2) is 8.70. The van der Waals surface area contributed by atoms with Gasteiger partial charge in [0.05, 0.1) is 9.75 Å². The van der Waals surface area contributed by atoms with Gasteiger partial charge in [0.1, 0.15) is 0 Å². The lowest BCUT2D eigenvalue weighted by Gasteiger charge is -2.12. The number of hydrogen-bond donors (Lipinski definition) is 2. The van der Waals surface area contributed by atoms with Crippen molar-refractivity contribution in [1.29, 1.82) is 0 Å². The van der Waals surface area contributed by atoms with Crippen LogP contribution in [0.3, 0.4) is 0 Å². The highest BCUT2D eigenvalue weighted by Crippen LogP contribution is 2.10. The molecule has 4 nitrogen and oxygen atoms in total. The van der Waals surface area contributed by atoms with Crippen molar-refractivity contribution in [2.24, 2.45) is 5.92 Å². The molecule has 0 aromatic carbocycles. The molecule has 2 N–H and O–H groups in total. The third-order valence-electron chi connectivity index (χ3n) is 3.26. The van der Waals surface area contributed by atoms with Crippen LogP contribution in [0.1, 0.15) is 39.1 Å². The molecule has 2 rings (SSSR count). The predicted molar refractivity (Wildman–Crippen MR) is 91.7 cm³/mol. The average molecular weight is 336 g/mol. The summed E-state index contributed by atoms with van der Waals surface area (Å²) in [6.45, 7) is 3.44. The SMILES string of the molecule is CC(CCCNC(=O)c1cccs1)CNC(=O)c1cccs1. The minimum absolute atomic E-state index is 0.00588. The van der Waals surface area contributed by atoms with Crippen molar-refractivity contribution < 1.29 is 9.59 Å². The van der Waals surface area contributed by atoms with Gasteiger partial charge < -0.3 is 10.6 Å². The van der Waals surface area contributed by atoms with Gasteiger partial charge in [0.2, 0.25) is 0 Å². The van der Waals surface area contributed by atoms with Crippen LogP contribution in [-0.2, 0) is 0 Å². The van der Waals surface area contributed by atoms with Crippen molar-refractivity contribution >= 4 is 34.5 Å². The monoisotopic (exact) mass is 336 g/mol. The van der Waals surface area contributed by atoms with E-state index in [9.17, 15) is 9.59 Å². The van der Waals surface area contributed by atoms with Crippen LogP contribution in [0.5, 0.6) is 0 Å². The van der Waals surface area contributed by atoms with Gasteiger partial charge in [0.15, 0.2) is 0 Å². The maximum atomic E-state index is 11.8. The number of rotatable bonds is 8. The summed E-state index contributed by atoms with van der Waals surface area (Å²) in [6, 6.07) is 7.39. The summed E-state index contributed by atoms with van der Waals surface area (Å²) in [6.07, 6.45) is 1.88. The Bertz CT molecular complexity index is 579. The highest BCUT2D eigenvalue weighted by atomic mass is 32.1. The molecule has 1 unspecified atom stereocenters. The first kappa shape index (κ1) is 16.7. The van der Waals surface area contributed by atoms with Crippen molar-refractivity contribution in [3.8, 4) is 0 Å². The number of carbonyl (C=O) groups excluding carboxylic acids is 2. The van der Waals surface area contributed by atoms with Crippen molar-refractivity contribution in [3.63, 3.8) is 0 Å². The molecule has 0 spiro atoms. The van der Waals surface area contributed by atoms with Gasteiger partial charge >= 0.3 is 0 Å². The molecule has 0 bridgehead atoms. The first-order valence-corrected chi connectivity index (χ1v) is 9.06. The zero-order chi connectivity index (χ0) is 15.8. The molecule has 0 aliphatic carbocycles. The van der Waals surface area contributed by atoms with E-state index in [2.05, 4.69) is 17.6 Å². The highest BCUT2D eigenvalue weighted by Gasteiger charge is 2.09. The molecular weight excluding hydrogens is 316 g/mol. The van der Waals surface area contributed by atoms with Crippen molar-refractivity contribution in [2.75, 3.05) is 13.1 Å². The quantitative estimate of drug-likeness (QED) is 0.726. The van der Waals surface area contributed by atoms with Crippen LogP contribution >= 0.6 is 22.7 Å². The molecule has 2 aromatic rings. The van der Waals surface area contributed by atoms with E-state index in [0.717, 1.165) is 22.6 Å². The van der Waals surface area contributed by atoms with E-state index in [4.69, 9.17) is 0 Å². The summed E-state index contributed by atoms with van der Waals surface area (Å²) in [4.78, 5) is 25.0. The molecular formula is C16H20N2O2S2. The van der Waals surface area contributed by atoms with E-state index < -0.39 is 0 Å². The van der Waals surface area contributed by atoms with Gasteiger partial charge in [-0.2, -0.15) is 0 Å². The molecule has 0 radical (unpaired) electrons. The van der Waals surface area contributed by atoms with Crippen molar-refractivity contribution in [2.45, 2.75) is 19.8 Å². The molecule has 2 aromatic heterocycles. The Balaban J connectivity index is 1.57. The van der Waals surface area contributed by atoms with E-state index >= 15 is 0 Å². The fourth-order valence-corrected chi connectivity index (χ4v) is 3.29. The van der Waals surface area contributed by atoms with Gasteiger partial charge in [0.25, 0.3) is 11.8 Å². The summed E-state index contributed by atoms with van der Waals surface area (Å²) in [7, 11) is 0. The molecule has 118 valence electrons. The number of amides is 2. The number of nitrogens with one attached hydrogen (secondary N) is 2. The molecule has 1 atom stereocenters. The van der Waals surface area contributed by atoms with Gasteiger partial charge in [-0.3, -0.25) is 9.59 Å². The minimum Gasteiger partial charge on any atom is -0.351 e. The molecule has 0 aliphatic heterocycles. The van der Waals surface area contributed by atoms with Crippen LogP contribution in [0.4, 0.5) is 0 Å². The molecule has 2 amide bonds. The van der Waals surface area contributed by atoms with E-state index in [0.29, 0.717) is 19.0 Å². The normalized spacial score (nSPS) is 11.9. The summed E-state index contributed by atoms with van der Waals surface area (Å²) < 4.78 is 0. The van der Waals surface area contributed by atoms with Crippen molar-refractivity contribution in [1.82, 2.24) is 10.6 Å². The average Bonchev–Trinajstić information content (AvgIpc) is 3.21. The molecule has 0 aliphatic rings. The van der Waals surface area contributed by atoms with E-state index in [1.165, 1.54) is 22.7 Å². The molecule has 2 heterocycles. The fourth-order valence-electron chi connectivity index (χ4n) is 2.01. The van der Waals surface area contributed by atoms with Gasteiger partial charge in [-0.1, -0.05) is 19.1 Å². The Kier molecular flexibility index (Phi) is 6.61. The van der Waals surface area contributed by atoms with E-state index in [1.807, 2.05) is 35.0 Å². The first-order chi connectivity index (χ1) is 10.7. The zero-order valence-corrected chi connectivity index (χ0v) is 14.1. The Morgan fingerprint density at radius 2 is 1.64 bits per heavy atom. The fraction of sp³-hybridized carbons (Fsp3) is 0.375. The van der Waals surface area contributed by atoms with Crippen LogP contribution in [0, 0.1) is 5.92 Å². The van der Waals surface area contributed by atoms with Crippen LogP contribution in [0.25, 0.3) is 0 Å². The Morgan fingerprint density at radius 1 is 1.05 bits per heavy atom. The van der Waals surface area contributed by atoms with Crippen LogP contribution in [0.2, 0.25) is 0 Å². The first-order valence-electron chi connectivity index (χ1n) is 7.30. The Morgan fingerprint density at radius 3 is 2.18 bits per heavy atom. The molecule has 22 heavy (non-hydrogen) atoms. The molecule has 6 heteroatoms. The van der Waals surface area contributed by atoms with Gasteiger partial charge in [-0.15, -0.1) is 22.7 Å². The topological polar surface area (TPSA) is 58.2 Å². The maximum absolute atomic E-state index is 11.8. The van der Waals surface area contributed by atoms with Gasteiger partial charge in [-0.05, 0) is 41.7 Å². The smallest absolute Gasteiger partial charge is 0.261 e. The second-order valence-corrected chi connectivity index (χ2v) is 7.06. The lowest BCUT2D eigenvalue weighted by Crippen LogP contribution is -2.28. The lowest BCUT2D eigenvalue weighted by molar-refractivity contribution is 0.0949. The highest BCUT2D eigenvalue weighted by molar-refractivity contribution is 7.12. The van der Waals surface area contributed by atoms with Crippen molar-refractivity contribution in [3.05, 3.63) is 44.8 Å². The summed E-state index contributed by atoms with van der Waals surface area (Å²) in [5.74, 6) is 0.379.